The van der Waals surface area contributed by atoms with Crippen LogP contribution in [0.5, 0.6) is 0 Å². The average Bonchev–Trinajstić information content (AvgIpc) is 2.63. The lowest BCUT2D eigenvalue weighted by Crippen LogP contribution is -2.35. The van der Waals surface area contributed by atoms with Crippen molar-refractivity contribution in [1.29, 1.82) is 0 Å². The van der Waals surface area contributed by atoms with Crippen LogP contribution in [-0.2, 0) is 11.2 Å². The molecule has 1 N–H and O–H groups in total. The van der Waals surface area contributed by atoms with Crippen molar-refractivity contribution in [2.24, 2.45) is 0 Å². The second kappa shape index (κ2) is 5.82. The van der Waals surface area contributed by atoms with Gasteiger partial charge in [-0.3, -0.25) is 5.32 Å². The first kappa shape index (κ1) is 13.7. The summed E-state index contributed by atoms with van der Waals surface area (Å²) in [6.07, 6.45) is 2.32. The fourth-order valence-electron chi connectivity index (χ4n) is 1.17. The third-order valence-corrected chi connectivity index (χ3v) is 2.13. The molecule has 1 rings (SSSR count). The minimum absolute atomic E-state index is 0.454. The van der Waals surface area contributed by atoms with Crippen LogP contribution in [0.15, 0.2) is 22.8 Å². The Morgan fingerprint density at radius 3 is 2.76 bits per heavy atom. The van der Waals surface area contributed by atoms with E-state index in [2.05, 4.69) is 5.32 Å². The van der Waals surface area contributed by atoms with E-state index in [-0.39, 0.29) is 0 Å². The molecule has 1 aromatic rings. The van der Waals surface area contributed by atoms with Gasteiger partial charge in [-0.2, -0.15) is 0 Å². The third kappa shape index (κ3) is 6.06. The second-order valence-electron chi connectivity index (χ2n) is 4.63. The van der Waals surface area contributed by atoms with E-state index in [1.807, 2.05) is 12.1 Å². The lowest BCUT2D eigenvalue weighted by atomic mass is 10.2. The SMILES string of the molecule is CC(C)(C)OC(=O)NC(=S)CCc1ccco1. The molecule has 0 bridgehead atoms. The largest absolute Gasteiger partial charge is 0.469 e. The van der Waals surface area contributed by atoms with Crippen molar-refractivity contribution < 1.29 is 13.9 Å². The molecule has 0 saturated heterocycles. The molecule has 94 valence electrons. The first-order valence-corrected chi connectivity index (χ1v) is 5.83. The number of ether oxygens (including phenoxy) is 1. The van der Waals surface area contributed by atoms with Gasteiger partial charge in [-0.15, -0.1) is 0 Å². The van der Waals surface area contributed by atoms with E-state index in [1.54, 1.807) is 27.0 Å². The summed E-state index contributed by atoms with van der Waals surface area (Å²) in [6.45, 7) is 5.41. The van der Waals surface area contributed by atoms with Gasteiger partial charge in [0.15, 0.2) is 0 Å². The molecule has 0 aliphatic rings. The van der Waals surface area contributed by atoms with Crippen LogP contribution in [0.4, 0.5) is 4.79 Å². The number of rotatable bonds is 3. The molecule has 0 fully saturated rings. The van der Waals surface area contributed by atoms with Crippen LogP contribution in [0.3, 0.4) is 0 Å². The first-order chi connectivity index (χ1) is 7.87. The smallest absolute Gasteiger partial charge is 0.412 e. The molecule has 0 saturated carbocycles. The number of hydrogen-bond acceptors (Lipinski definition) is 4. The summed E-state index contributed by atoms with van der Waals surface area (Å²) in [6, 6.07) is 3.69. The number of alkyl carbamates (subject to hydrolysis) is 1. The fraction of sp³-hybridized carbons (Fsp3) is 0.500. The Morgan fingerprint density at radius 1 is 1.53 bits per heavy atom. The van der Waals surface area contributed by atoms with Crippen molar-refractivity contribution in [3.63, 3.8) is 0 Å². The number of carbonyl (C=O) groups excluding carboxylic acids is 1. The van der Waals surface area contributed by atoms with Crippen LogP contribution in [0.2, 0.25) is 0 Å². The van der Waals surface area contributed by atoms with E-state index in [0.29, 0.717) is 17.8 Å². The van der Waals surface area contributed by atoms with Gasteiger partial charge in [-0.25, -0.2) is 4.79 Å². The number of amides is 1. The maximum absolute atomic E-state index is 11.4. The highest BCUT2D eigenvalue weighted by atomic mass is 32.1. The number of hydrogen-bond donors (Lipinski definition) is 1. The molecule has 5 heteroatoms. The summed E-state index contributed by atoms with van der Waals surface area (Å²) in [7, 11) is 0. The summed E-state index contributed by atoms with van der Waals surface area (Å²) in [5.74, 6) is 0.846. The maximum Gasteiger partial charge on any atom is 0.412 e. The summed E-state index contributed by atoms with van der Waals surface area (Å²) in [4.78, 5) is 11.8. The van der Waals surface area contributed by atoms with Gasteiger partial charge in [-0.05, 0) is 32.9 Å². The Bertz CT molecular complexity index is 379. The van der Waals surface area contributed by atoms with Crippen molar-refractivity contribution >= 4 is 23.3 Å². The molecule has 4 nitrogen and oxygen atoms in total. The van der Waals surface area contributed by atoms with Gasteiger partial charge in [0.2, 0.25) is 0 Å². The number of aryl methyl sites for hydroxylation is 1. The Morgan fingerprint density at radius 2 is 2.24 bits per heavy atom. The first-order valence-electron chi connectivity index (χ1n) is 5.42. The van der Waals surface area contributed by atoms with E-state index in [1.165, 1.54) is 0 Å². The molecule has 0 aliphatic heterocycles. The molecule has 0 aliphatic carbocycles. The Hall–Kier alpha value is -1.36. The summed E-state index contributed by atoms with van der Waals surface area (Å²) in [5, 5.41) is 2.53. The highest BCUT2D eigenvalue weighted by Crippen LogP contribution is 2.07. The quantitative estimate of drug-likeness (QED) is 0.843. The van der Waals surface area contributed by atoms with Crippen molar-refractivity contribution in [1.82, 2.24) is 5.32 Å². The molecule has 1 amide bonds. The molecule has 1 heterocycles. The van der Waals surface area contributed by atoms with E-state index in [4.69, 9.17) is 21.4 Å². The van der Waals surface area contributed by atoms with Crippen LogP contribution in [0.25, 0.3) is 0 Å². The lowest BCUT2D eigenvalue weighted by molar-refractivity contribution is 0.0563. The van der Waals surface area contributed by atoms with Crippen LogP contribution in [0, 0.1) is 0 Å². The molecule has 17 heavy (non-hydrogen) atoms. The minimum atomic E-state index is -0.513. The fourth-order valence-corrected chi connectivity index (χ4v) is 1.36. The van der Waals surface area contributed by atoms with Crippen molar-refractivity contribution in [3.05, 3.63) is 24.2 Å². The molecular formula is C12H17NO3S. The molecule has 0 atom stereocenters. The molecular weight excluding hydrogens is 238 g/mol. The molecule has 0 spiro atoms. The molecule has 0 aromatic carbocycles. The van der Waals surface area contributed by atoms with Gasteiger partial charge in [0.1, 0.15) is 11.4 Å². The van der Waals surface area contributed by atoms with Crippen molar-refractivity contribution in [2.45, 2.75) is 39.2 Å². The Kier molecular flexibility index (Phi) is 4.69. The average molecular weight is 255 g/mol. The summed E-state index contributed by atoms with van der Waals surface area (Å²) in [5.41, 5.74) is -0.513. The van der Waals surface area contributed by atoms with E-state index in [9.17, 15) is 4.79 Å². The van der Waals surface area contributed by atoms with Gasteiger partial charge < -0.3 is 9.15 Å². The van der Waals surface area contributed by atoms with Gasteiger partial charge in [0.05, 0.1) is 11.3 Å². The lowest BCUT2D eigenvalue weighted by Gasteiger charge is -2.19. The van der Waals surface area contributed by atoms with Crippen molar-refractivity contribution in [2.75, 3.05) is 0 Å². The maximum atomic E-state index is 11.4. The van der Waals surface area contributed by atoms with Crippen LogP contribution in [0.1, 0.15) is 33.0 Å². The van der Waals surface area contributed by atoms with E-state index in [0.717, 1.165) is 5.76 Å². The normalized spacial score (nSPS) is 11.0. The Labute approximate surface area is 106 Å². The highest BCUT2D eigenvalue weighted by molar-refractivity contribution is 7.80. The number of thiocarbonyl (C=S) groups is 1. The topological polar surface area (TPSA) is 51.5 Å². The van der Waals surface area contributed by atoms with Crippen LogP contribution in [-0.4, -0.2) is 16.7 Å². The monoisotopic (exact) mass is 255 g/mol. The van der Waals surface area contributed by atoms with Gasteiger partial charge in [0, 0.05) is 12.8 Å². The summed E-state index contributed by atoms with van der Waals surface area (Å²) < 4.78 is 10.3. The van der Waals surface area contributed by atoms with Gasteiger partial charge >= 0.3 is 6.09 Å². The number of furan rings is 1. The van der Waals surface area contributed by atoms with E-state index < -0.39 is 11.7 Å². The standard InChI is InChI=1S/C12H17NO3S/c1-12(2,3)16-11(14)13-10(17)7-6-9-5-4-8-15-9/h4-5,8H,6-7H2,1-3H3,(H,13,14,17). The third-order valence-electron chi connectivity index (χ3n) is 1.82. The van der Waals surface area contributed by atoms with Crippen LogP contribution >= 0.6 is 12.2 Å². The number of carbonyl (C=O) groups is 1. The predicted molar refractivity (Wildman–Crippen MR) is 69.0 cm³/mol. The van der Waals surface area contributed by atoms with Crippen molar-refractivity contribution in [3.8, 4) is 0 Å². The number of nitrogens with one attached hydrogen (secondary N) is 1. The molecule has 0 radical (unpaired) electrons. The molecule has 0 unspecified atom stereocenters. The molecule has 1 aromatic heterocycles. The zero-order chi connectivity index (χ0) is 12.9. The Balaban J connectivity index is 2.27. The van der Waals surface area contributed by atoms with Gasteiger partial charge in [-0.1, -0.05) is 12.2 Å². The second-order valence-corrected chi connectivity index (χ2v) is 5.12. The highest BCUT2D eigenvalue weighted by Gasteiger charge is 2.16. The zero-order valence-electron chi connectivity index (χ0n) is 10.3. The summed E-state index contributed by atoms with van der Waals surface area (Å²) >= 11 is 5.04. The van der Waals surface area contributed by atoms with Crippen LogP contribution < -0.4 is 5.32 Å². The van der Waals surface area contributed by atoms with Gasteiger partial charge in [0.25, 0.3) is 0 Å². The van der Waals surface area contributed by atoms with E-state index >= 15 is 0 Å². The zero-order valence-corrected chi connectivity index (χ0v) is 11.1. The minimum Gasteiger partial charge on any atom is -0.469 e. The predicted octanol–water partition coefficient (Wildman–Crippen LogP) is 3.06.